The summed E-state index contributed by atoms with van der Waals surface area (Å²) in [5, 5.41) is 12.1. The van der Waals surface area contributed by atoms with Crippen LogP contribution in [-0.2, 0) is 17.4 Å². The monoisotopic (exact) mass is 505 g/mol. The van der Waals surface area contributed by atoms with Crippen LogP contribution < -0.4 is 5.56 Å². The van der Waals surface area contributed by atoms with Crippen LogP contribution in [0, 0.1) is 11.8 Å². The van der Waals surface area contributed by atoms with E-state index in [-0.39, 0.29) is 11.3 Å². The molecule has 4 nitrogen and oxygen atoms in total. The van der Waals surface area contributed by atoms with Crippen molar-refractivity contribution in [2.24, 2.45) is 0 Å². The van der Waals surface area contributed by atoms with E-state index in [1.54, 1.807) is 0 Å². The number of carboxylic acid groups (broad SMARTS) is 1. The average Bonchev–Trinajstić information content (AvgIpc) is 3.30. The van der Waals surface area contributed by atoms with Gasteiger partial charge in [0, 0.05) is 17.4 Å². The third-order valence-electron chi connectivity index (χ3n) is 6.05. The number of aliphatic carboxylic acids is 1. The van der Waals surface area contributed by atoms with E-state index in [1.165, 1.54) is 34.5 Å². The van der Waals surface area contributed by atoms with Gasteiger partial charge in [-0.1, -0.05) is 60.4 Å². The number of halogens is 3. The highest BCUT2D eigenvalue weighted by Gasteiger charge is 2.33. The predicted octanol–water partition coefficient (Wildman–Crippen LogP) is 5.74. The summed E-state index contributed by atoms with van der Waals surface area (Å²) < 4.78 is 40.7. The van der Waals surface area contributed by atoms with E-state index in [4.69, 9.17) is 0 Å². The molecule has 1 atom stereocenters. The zero-order valence-corrected chi connectivity index (χ0v) is 19.5. The van der Waals surface area contributed by atoms with Crippen LogP contribution in [0.5, 0.6) is 0 Å². The van der Waals surface area contributed by atoms with Gasteiger partial charge in [0.15, 0.2) is 0 Å². The van der Waals surface area contributed by atoms with Crippen LogP contribution in [0.15, 0.2) is 82.6 Å². The Labute approximate surface area is 208 Å². The molecule has 0 unspecified atom stereocenters. The highest BCUT2D eigenvalue weighted by molar-refractivity contribution is 7.99. The number of thioether (sulfide) groups is 1. The molecule has 3 aromatic carbocycles. The SMILES string of the molecule is O=C(O)[C@@H]1CSc2c(C#Cc3cccc(C(F)(F)F)c3)c(Cc3cccc4ccccc34)cc(=O)n21. The van der Waals surface area contributed by atoms with Crippen molar-refractivity contribution in [1.29, 1.82) is 0 Å². The number of carboxylic acids is 1. The summed E-state index contributed by atoms with van der Waals surface area (Å²) in [6, 6.07) is 18.8. The van der Waals surface area contributed by atoms with Gasteiger partial charge in [-0.15, -0.1) is 11.8 Å². The molecule has 0 amide bonds. The second-order valence-corrected chi connectivity index (χ2v) is 9.38. The molecule has 1 aromatic heterocycles. The maximum absolute atomic E-state index is 13.2. The summed E-state index contributed by atoms with van der Waals surface area (Å²) in [7, 11) is 0. The van der Waals surface area contributed by atoms with Crippen molar-refractivity contribution in [3.8, 4) is 11.8 Å². The fourth-order valence-electron chi connectivity index (χ4n) is 4.33. The number of rotatable bonds is 3. The smallest absolute Gasteiger partial charge is 0.416 e. The van der Waals surface area contributed by atoms with E-state index < -0.39 is 29.3 Å². The second-order valence-electron chi connectivity index (χ2n) is 8.37. The van der Waals surface area contributed by atoms with Crippen molar-refractivity contribution >= 4 is 28.5 Å². The number of hydrogen-bond acceptors (Lipinski definition) is 3. The van der Waals surface area contributed by atoms with Crippen LogP contribution in [0.1, 0.15) is 33.9 Å². The predicted molar refractivity (Wildman–Crippen MR) is 132 cm³/mol. The highest BCUT2D eigenvalue weighted by Crippen LogP contribution is 2.36. The van der Waals surface area contributed by atoms with Crippen LogP contribution in [-0.4, -0.2) is 21.4 Å². The summed E-state index contributed by atoms with van der Waals surface area (Å²) in [6.07, 6.45) is -4.14. The van der Waals surface area contributed by atoms with E-state index >= 15 is 0 Å². The zero-order chi connectivity index (χ0) is 25.4. The van der Waals surface area contributed by atoms with E-state index in [9.17, 15) is 27.9 Å². The second kappa shape index (κ2) is 9.25. The standard InChI is InChI=1S/C28H18F3NO3S/c29-28(30,31)21-9-3-5-17(13-21)11-12-23-20(14-19-8-4-7-18-6-1-2-10-22(18)19)15-25(33)32-24(27(34)35)16-36-26(23)32/h1-10,13,15,24H,14,16H2,(H,34,35)/t24-/m0/s1. The zero-order valence-electron chi connectivity index (χ0n) is 18.7. The van der Waals surface area contributed by atoms with Crippen LogP contribution in [0.2, 0.25) is 0 Å². The lowest BCUT2D eigenvalue weighted by molar-refractivity contribution is -0.140. The number of fused-ring (bicyclic) bond motifs is 2. The van der Waals surface area contributed by atoms with E-state index in [2.05, 4.69) is 11.8 Å². The van der Waals surface area contributed by atoms with E-state index in [0.29, 0.717) is 22.6 Å². The molecule has 8 heteroatoms. The van der Waals surface area contributed by atoms with Crippen molar-refractivity contribution in [3.63, 3.8) is 0 Å². The lowest BCUT2D eigenvalue weighted by Gasteiger charge is -2.14. The summed E-state index contributed by atoms with van der Waals surface area (Å²) in [4.78, 5) is 24.7. The molecule has 0 fully saturated rings. The van der Waals surface area contributed by atoms with Crippen LogP contribution in [0.25, 0.3) is 10.8 Å². The first-order valence-corrected chi connectivity index (χ1v) is 12.0. The normalized spacial score (nSPS) is 14.8. The molecule has 1 aliphatic rings. The first-order chi connectivity index (χ1) is 17.2. The van der Waals surface area contributed by atoms with Gasteiger partial charge in [0.25, 0.3) is 5.56 Å². The number of benzene rings is 3. The maximum atomic E-state index is 13.2. The van der Waals surface area contributed by atoms with Gasteiger partial charge < -0.3 is 5.11 Å². The molecule has 0 radical (unpaired) electrons. The Hall–Kier alpha value is -3.96. The molecule has 0 bridgehead atoms. The molecule has 0 aliphatic carbocycles. The van der Waals surface area contributed by atoms with Gasteiger partial charge in [-0.05, 0) is 46.5 Å². The average molecular weight is 506 g/mol. The highest BCUT2D eigenvalue weighted by atomic mass is 32.2. The van der Waals surface area contributed by atoms with Gasteiger partial charge in [0.05, 0.1) is 16.2 Å². The third kappa shape index (κ3) is 4.50. The first kappa shape index (κ1) is 23.8. The molecule has 4 aromatic rings. The van der Waals surface area contributed by atoms with Crippen molar-refractivity contribution in [3.05, 3.63) is 111 Å². The number of alkyl halides is 3. The third-order valence-corrected chi connectivity index (χ3v) is 7.20. The lowest BCUT2D eigenvalue weighted by Crippen LogP contribution is -2.29. The van der Waals surface area contributed by atoms with Crippen molar-refractivity contribution < 1.29 is 23.1 Å². The summed E-state index contributed by atoms with van der Waals surface area (Å²) in [6.45, 7) is 0. The minimum atomic E-state index is -4.50. The van der Waals surface area contributed by atoms with Gasteiger partial charge in [0.2, 0.25) is 0 Å². The Bertz CT molecular complexity index is 1620. The fraction of sp³-hybridized carbons (Fsp3) is 0.143. The van der Waals surface area contributed by atoms with Gasteiger partial charge in [-0.2, -0.15) is 13.2 Å². The van der Waals surface area contributed by atoms with Gasteiger partial charge in [-0.25, -0.2) is 4.79 Å². The number of hydrogen-bond donors (Lipinski definition) is 1. The molecular formula is C28H18F3NO3S. The number of aromatic nitrogens is 1. The van der Waals surface area contributed by atoms with Gasteiger partial charge >= 0.3 is 12.1 Å². The summed E-state index contributed by atoms with van der Waals surface area (Å²) in [5.41, 5.74) is 0.928. The largest absolute Gasteiger partial charge is 0.480 e. The first-order valence-electron chi connectivity index (χ1n) is 11.0. The van der Waals surface area contributed by atoms with E-state index in [1.807, 2.05) is 42.5 Å². The number of carbonyl (C=O) groups is 1. The van der Waals surface area contributed by atoms with Crippen LogP contribution in [0.4, 0.5) is 13.2 Å². The van der Waals surface area contributed by atoms with Crippen molar-refractivity contribution in [2.45, 2.75) is 23.7 Å². The number of pyridine rings is 1. The fourth-order valence-corrected chi connectivity index (χ4v) is 5.62. The van der Waals surface area contributed by atoms with Gasteiger partial charge in [-0.3, -0.25) is 9.36 Å². The molecule has 0 saturated heterocycles. The molecule has 2 heterocycles. The van der Waals surface area contributed by atoms with Crippen molar-refractivity contribution in [2.75, 3.05) is 5.75 Å². The molecule has 5 rings (SSSR count). The Kier molecular flexibility index (Phi) is 6.10. The molecule has 180 valence electrons. The Morgan fingerprint density at radius 1 is 1.00 bits per heavy atom. The molecule has 0 saturated carbocycles. The minimum Gasteiger partial charge on any atom is -0.480 e. The van der Waals surface area contributed by atoms with Crippen LogP contribution in [0.3, 0.4) is 0 Å². The minimum absolute atomic E-state index is 0.167. The molecule has 36 heavy (non-hydrogen) atoms. The lowest BCUT2D eigenvalue weighted by atomic mass is 9.96. The van der Waals surface area contributed by atoms with Crippen LogP contribution >= 0.6 is 11.8 Å². The van der Waals surface area contributed by atoms with E-state index in [0.717, 1.165) is 28.5 Å². The summed E-state index contributed by atoms with van der Waals surface area (Å²) in [5.74, 6) is 4.82. The quantitative estimate of drug-likeness (QED) is 0.361. The molecular weight excluding hydrogens is 487 g/mol. The molecule has 1 N–H and O–H groups in total. The number of nitrogens with zero attached hydrogens (tertiary/aromatic N) is 1. The Morgan fingerprint density at radius 2 is 1.75 bits per heavy atom. The molecule has 0 spiro atoms. The Morgan fingerprint density at radius 3 is 2.53 bits per heavy atom. The van der Waals surface area contributed by atoms with Crippen molar-refractivity contribution in [1.82, 2.24) is 4.57 Å². The Balaban J connectivity index is 1.67. The maximum Gasteiger partial charge on any atom is 0.416 e. The summed E-state index contributed by atoms with van der Waals surface area (Å²) >= 11 is 1.22. The molecule has 1 aliphatic heterocycles. The topological polar surface area (TPSA) is 59.3 Å². The van der Waals surface area contributed by atoms with Gasteiger partial charge in [0.1, 0.15) is 6.04 Å².